The lowest BCUT2D eigenvalue weighted by atomic mass is 10.1. The van der Waals surface area contributed by atoms with Crippen molar-refractivity contribution in [3.8, 4) is 17.0 Å². The smallest absolute Gasteiger partial charge is 0.406 e. The van der Waals surface area contributed by atoms with Gasteiger partial charge < -0.3 is 10.1 Å². The third-order valence-corrected chi connectivity index (χ3v) is 2.77. The zero-order valence-corrected chi connectivity index (χ0v) is 11.7. The molecule has 0 saturated carbocycles. The van der Waals surface area contributed by atoms with Crippen LogP contribution in [0.3, 0.4) is 0 Å². The van der Waals surface area contributed by atoms with Crippen LogP contribution >= 0.6 is 0 Å². The summed E-state index contributed by atoms with van der Waals surface area (Å²) in [6.07, 6.45) is -3.05. The Balaban J connectivity index is 2.22. The van der Waals surface area contributed by atoms with E-state index in [0.29, 0.717) is 23.8 Å². The first-order valence-electron chi connectivity index (χ1n) is 6.47. The Morgan fingerprint density at radius 1 is 1.33 bits per heavy atom. The summed E-state index contributed by atoms with van der Waals surface area (Å²) in [6.45, 7) is 4.60. The molecule has 0 unspecified atom stereocenters. The molecule has 0 atom stereocenters. The number of nitrogens with zero attached hydrogens (tertiary/aromatic N) is 1. The maximum Gasteiger partial charge on any atom is 0.573 e. The molecule has 0 aliphatic carbocycles. The van der Waals surface area contributed by atoms with Crippen molar-refractivity contribution in [3.05, 3.63) is 36.0 Å². The normalized spacial score (nSPS) is 11.9. The van der Waals surface area contributed by atoms with Crippen LogP contribution in [0.5, 0.6) is 5.75 Å². The van der Waals surface area contributed by atoms with Crippen molar-refractivity contribution in [2.75, 3.05) is 0 Å². The number of alkyl halides is 3. The number of H-pyrrole nitrogens is 1. The summed E-state index contributed by atoms with van der Waals surface area (Å²) in [5.41, 5.74) is 2.15. The monoisotopic (exact) mass is 299 g/mol. The summed E-state index contributed by atoms with van der Waals surface area (Å²) in [5.74, 6) is -0.252. The summed E-state index contributed by atoms with van der Waals surface area (Å²) in [5, 5.41) is 10.0. The summed E-state index contributed by atoms with van der Waals surface area (Å²) in [4.78, 5) is 0. The van der Waals surface area contributed by atoms with Gasteiger partial charge in [-0.25, -0.2) is 0 Å². The van der Waals surface area contributed by atoms with Crippen LogP contribution in [0.15, 0.2) is 30.5 Å². The standard InChI is InChI=1S/C14H16F3N3O/c1-9(2)18-7-11-8-19-20-13(11)10-4-3-5-12(6-10)21-14(15,16)17/h3-6,8-9,18H,7H2,1-2H3,(H,19,20). The molecule has 0 radical (unpaired) electrons. The second-order valence-corrected chi connectivity index (χ2v) is 4.88. The van der Waals surface area contributed by atoms with Gasteiger partial charge in [0.2, 0.25) is 0 Å². The molecule has 0 fully saturated rings. The van der Waals surface area contributed by atoms with Gasteiger partial charge in [-0.2, -0.15) is 5.10 Å². The molecule has 2 aromatic rings. The van der Waals surface area contributed by atoms with Gasteiger partial charge in [0.1, 0.15) is 5.75 Å². The van der Waals surface area contributed by atoms with E-state index in [-0.39, 0.29) is 5.75 Å². The zero-order chi connectivity index (χ0) is 15.5. The largest absolute Gasteiger partial charge is 0.573 e. The van der Waals surface area contributed by atoms with Crippen molar-refractivity contribution < 1.29 is 17.9 Å². The van der Waals surface area contributed by atoms with Crippen molar-refractivity contribution in [2.24, 2.45) is 0 Å². The molecular formula is C14H16F3N3O. The van der Waals surface area contributed by atoms with Gasteiger partial charge in [-0.05, 0) is 12.1 Å². The van der Waals surface area contributed by atoms with Crippen LogP contribution in [0.1, 0.15) is 19.4 Å². The van der Waals surface area contributed by atoms with Crippen molar-refractivity contribution in [3.63, 3.8) is 0 Å². The van der Waals surface area contributed by atoms with E-state index < -0.39 is 6.36 Å². The SMILES string of the molecule is CC(C)NCc1cn[nH]c1-c1cccc(OC(F)(F)F)c1. The number of benzene rings is 1. The maximum atomic E-state index is 12.3. The van der Waals surface area contributed by atoms with Gasteiger partial charge in [0.25, 0.3) is 0 Å². The average Bonchev–Trinajstić information content (AvgIpc) is 2.82. The molecule has 4 nitrogen and oxygen atoms in total. The number of halogens is 3. The highest BCUT2D eigenvalue weighted by Crippen LogP contribution is 2.28. The second-order valence-electron chi connectivity index (χ2n) is 4.88. The van der Waals surface area contributed by atoms with E-state index in [1.165, 1.54) is 18.2 Å². The maximum absolute atomic E-state index is 12.3. The molecule has 2 rings (SSSR count). The van der Waals surface area contributed by atoms with Crippen LogP contribution < -0.4 is 10.1 Å². The Morgan fingerprint density at radius 2 is 2.10 bits per heavy atom. The van der Waals surface area contributed by atoms with Crippen LogP contribution in [0.2, 0.25) is 0 Å². The molecule has 1 heterocycles. The highest BCUT2D eigenvalue weighted by atomic mass is 19.4. The van der Waals surface area contributed by atoms with Crippen molar-refractivity contribution in [2.45, 2.75) is 32.8 Å². The zero-order valence-electron chi connectivity index (χ0n) is 11.7. The lowest BCUT2D eigenvalue weighted by Crippen LogP contribution is -2.21. The molecule has 0 spiro atoms. The Labute approximate surface area is 120 Å². The average molecular weight is 299 g/mol. The molecule has 0 aliphatic heterocycles. The van der Waals surface area contributed by atoms with E-state index >= 15 is 0 Å². The van der Waals surface area contributed by atoms with Gasteiger partial charge >= 0.3 is 6.36 Å². The van der Waals surface area contributed by atoms with Crippen molar-refractivity contribution in [1.29, 1.82) is 0 Å². The van der Waals surface area contributed by atoms with Crippen molar-refractivity contribution in [1.82, 2.24) is 15.5 Å². The highest BCUT2D eigenvalue weighted by molar-refractivity contribution is 5.64. The van der Waals surface area contributed by atoms with Crippen LogP contribution in [0, 0.1) is 0 Å². The highest BCUT2D eigenvalue weighted by Gasteiger charge is 2.31. The predicted molar refractivity (Wildman–Crippen MR) is 72.7 cm³/mol. The predicted octanol–water partition coefficient (Wildman–Crippen LogP) is 3.47. The third kappa shape index (κ3) is 4.49. The van der Waals surface area contributed by atoms with Crippen molar-refractivity contribution >= 4 is 0 Å². The van der Waals surface area contributed by atoms with E-state index in [1.807, 2.05) is 13.8 Å². The Bertz CT molecular complexity index is 593. The van der Waals surface area contributed by atoms with Gasteiger partial charge in [-0.15, -0.1) is 13.2 Å². The summed E-state index contributed by atoms with van der Waals surface area (Å²) in [6, 6.07) is 6.11. The molecular weight excluding hydrogens is 283 g/mol. The van der Waals surface area contributed by atoms with E-state index in [2.05, 4.69) is 20.3 Å². The molecule has 7 heteroatoms. The first kappa shape index (κ1) is 15.4. The number of nitrogens with one attached hydrogen (secondary N) is 2. The molecule has 2 N–H and O–H groups in total. The fourth-order valence-corrected chi connectivity index (χ4v) is 1.86. The molecule has 114 valence electrons. The molecule has 21 heavy (non-hydrogen) atoms. The minimum absolute atomic E-state index is 0.252. The summed E-state index contributed by atoms with van der Waals surface area (Å²) in [7, 11) is 0. The fraction of sp³-hybridized carbons (Fsp3) is 0.357. The fourth-order valence-electron chi connectivity index (χ4n) is 1.86. The van der Waals surface area contributed by atoms with E-state index in [9.17, 15) is 13.2 Å². The lowest BCUT2D eigenvalue weighted by Gasteiger charge is -2.11. The number of ether oxygens (including phenoxy) is 1. The number of aromatic nitrogens is 2. The number of aromatic amines is 1. The molecule has 0 bridgehead atoms. The number of hydrogen-bond donors (Lipinski definition) is 2. The summed E-state index contributed by atoms with van der Waals surface area (Å²) < 4.78 is 40.7. The van der Waals surface area contributed by atoms with Crippen LogP contribution in [0.4, 0.5) is 13.2 Å². The first-order valence-corrected chi connectivity index (χ1v) is 6.47. The minimum Gasteiger partial charge on any atom is -0.406 e. The number of rotatable bonds is 5. The summed E-state index contributed by atoms with van der Waals surface area (Å²) >= 11 is 0. The van der Waals surface area contributed by atoms with E-state index in [4.69, 9.17) is 0 Å². The van der Waals surface area contributed by atoms with Gasteiger partial charge in [-0.3, -0.25) is 5.10 Å². The Kier molecular flexibility index (Phi) is 4.52. The number of hydrogen-bond acceptors (Lipinski definition) is 3. The van der Waals surface area contributed by atoms with Gasteiger partial charge in [0.15, 0.2) is 0 Å². The molecule has 0 amide bonds. The van der Waals surface area contributed by atoms with Crippen LogP contribution in [0.25, 0.3) is 11.3 Å². The first-order chi connectivity index (χ1) is 9.85. The van der Waals surface area contributed by atoms with Crippen LogP contribution in [-0.2, 0) is 6.54 Å². The van der Waals surface area contributed by atoms with Gasteiger partial charge in [0.05, 0.1) is 11.9 Å². The molecule has 1 aromatic carbocycles. The molecule has 0 aliphatic rings. The molecule has 1 aromatic heterocycles. The minimum atomic E-state index is -4.70. The Morgan fingerprint density at radius 3 is 2.76 bits per heavy atom. The van der Waals surface area contributed by atoms with Gasteiger partial charge in [0, 0.05) is 23.7 Å². The molecule has 0 saturated heterocycles. The van der Waals surface area contributed by atoms with E-state index in [0.717, 1.165) is 5.56 Å². The Hall–Kier alpha value is -2.02. The lowest BCUT2D eigenvalue weighted by molar-refractivity contribution is -0.274. The second kappa shape index (κ2) is 6.17. The van der Waals surface area contributed by atoms with E-state index in [1.54, 1.807) is 12.3 Å². The topological polar surface area (TPSA) is 49.9 Å². The van der Waals surface area contributed by atoms with Gasteiger partial charge in [-0.1, -0.05) is 26.0 Å². The van der Waals surface area contributed by atoms with Crippen LogP contribution in [-0.4, -0.2) is 22.6 Å². The third-order valence-electron chi connectivity index (χ3n) is 2.77. The quantitative estimate of drug-likeness (QED) is 0.888.